The maximum Gasteiger partial charge on any atom is 0.434 e. The summed E-state index contributed by atoms with van der Waals surface area (Å²) in [6, 6.07) is 2.75. The molecular weight excluding hydrogens is 387 g/mol. The number of nitrogens with zero attached hydrogens (tertiary/aromatic N) is 2. The van der Waals surface area contributed by atoms with E-state index in [1.54, 1.807) is 0 Å². The lowest BCUT2D eigenvalue weighted by Crippen LogP contribution is -2.36. The Morgan fingerprint density at radius 1 is 1.04 bits per heavy atom. The van der Waals surface area contributed by atoms with E-state index in [9.17, 15) is 36.3 Å². The summed E-state index contributed by atoms with van der Waals surface area (Å²) < 4.78 is 67.2. The fraction of sp³-hybridized carbons (Fsp3) is 0.389. The predicted octanol–water partition coefficient (Wildman–Crippen LogP) is 3.88. The molecule has 2 aromatic rings. The second-order valence-electron chi connectivity index (χ2n) is 6.60. The molecule has 0 unspecified atom stereocenters. The smallest absolute Gasteiger partial charge is 0.298 e. The molecule has 2 heterocycles. The molecule has 10 heteroatoms. The van der Waals surface area contributed by atoms with E-state index in [4.69, 9.17) is 0 Å². The number of alkyl halides is 5. The van der Waals surface area contributed by atoms with Crippen molar-refractivity contribution in [3.05, 3.63) is 35.2 Å². The summed E-state index contributed by atoms with van der Waals surface area (Å²) in [5, 5.41) is -0.0972. The average molecular weight is 400 g/mol. The lowest BCUT2D eigenvalue weighted by Gasteiger charge is -2.20. The number of fused-ring (bicyclic) bond motifs is 1. The number of carbonyl (C=O) groups excluding carboxylic acids is 3. The first-order valence-electron chi connectivity index (χ1n) is 8.26. The molecule has 0 radical (unpaired) electrons. The zero-order valence-electron chi connectivity index (χ0n) is 14.4. The Morgan fingerprint density at radius 2 is 1.64 bits per heavy atom. The van der Waals surface area contributed by atoms with Gasteiger partial charge in [-0.2, -0.15) is 22.0 Å². The molecule has 2 aromatic heterocycles. The minimum atomic E-state index is -5.12. The maximum absolute atomic E-state index is 13.5. The lowest BCUT2D eigenvalue weighted by atomic mass is 9.81. The van der Waals surface area contributed by atoms with Gasteiger partial charge < -0.3 is 0 Å². The summed E-state index contributed by atoms with van der Waals surface area (Å²) in [5.74, 6) is -7.98. The van der Waals surface area contributed by atoms with E-state index in [1.807, 2.05) is 0 Å². The van der Waals surface area contributed by atoms with E-state index in [-0.39, 0.29) is 24.6 Å². The van der Waals surface area contributed by atoms with Crippen molar-refractivity contribution >= 4 is 28.4 Å². The average Bonchev–Trinajstić information content (AvgIpc) is 2.58. The van der Waals surface area contributed by atoms with Crippen LogP contribution in [0.2, 0.25) is 0 Å². The Hall–Kier alpha value is -2.78. The fourth-order valence-electron chi connectivity index (χ4n) is 3.05. The van der Waals surface area contributed by atoms with Crippen LogP contribution < -0.4 is 0 Å². The first-order valence-corrected chi connectivity index (χ1v) is 8.26. The third kappa shape index (κ3) is 3.63. The summed E-state index contributed by atoms with van der Waals surface area (Å²) in [7, 11) is 0. The van der Waals surface area contributed by atoms with E-state index < -0.39 is 58.0 Å². The van der Waals surface area contributed by atoms with Crippen molar-refractivity contribution in [1.82, 2.24) is 9.97 Å². The minimum absolute atomic E-state index is 0.0823. The Balaban J connectivity index is 2.19. The number of Topliss-reactive ketones (excluding diaryl/α,β-unsaturated/α-hetero) is 3. The molecule has 5 nitrogen and oxygen atoms in total. The number of pyridine rings is 2. The van der Waals surface area contributed by atoms with Crippen LogP contribution in [0.4, 0.5) is 22.0 Å². The molecule has 0 atom stereocenters. The molecule has 1 fully saturated rings. The van der Waals surface area contributed by atoms with Gasteiger partial charge >= 0.3 is 6.18 Å². The number of aromatic nitrogens is 2. The van der Waals surface area contributed by atoms with Gasteiger partial charge in [0, 0.05) is 25.2 Å². The Morgan fingerprint density at radius 3 is 2.18 bits per heavy atom. The molecule has 28 heavy (non-hydrogen) atoms. The SMILES string of the molecule is CC(F)(F)c1ccc2cc(C(=O)C3C(=O)CCCC3=O)c(C(F)(F)F)nc2n1. The molecule has 0 amide bonds. The number of ketones is 3. The second-order valence-corrected chi connectivity index (χ2v) is 6.60. The highest BCUT2D eigenvalue weighted by Crippen LogP contribution is 2.35. The maximum atomic E-state index is 13.5. The number of rotatable bonds is 3. The third-order valence-electron chi connectivity index (χ3n) is 4.41. The van der Waals surface area contributed by atoms with Crippen molar-refractivity contribution in [1.29, 1.82) is 0 Å². The second kappa shape index (κ2) is 6.68. The van der Waals surface area contributed by atoms with Crippen molar-refractivity contribution in [3.63, 3.8) is 0 Å². The van der Waals surface area contributed by atoms with Gasteiger partial charge in [-0.1, -0.05) is 0 Å². The van der Waals surface area contributed by atoms with E-state index in [0.717, 1.165) is 18.2 Å². The molecule has 148 valence electrons. The van der Waals surface area contributed by atoms with Crippen molar-refractivity contribution < 1.29 is 36.3 Å². The van der Waals surface area contributed by atoms with Crippen molar-refractivity contribution in [2.75, 3.05) is 0 Å². The largest absolute Gasteiger partial charge is 0.434 e. The molecule has 0 N–H and O–H groups in total. The standard InChI is InChI=1S/C18H13F5N2O3/c1-17(19,20)12-6-5-8-7-9(15(18(21,22)23)25-16(8)24-12)14(28)13-10(26)3-2-4-11(13)27/h5-7,13H,2-4H2,1H3. The van der Waals surface area contributed by atoms with Crippen molar-refractivity contribution in [2.24, 2.45) is 5.92 Å². The van der Waals surface area contributed by atoms with Crippen LogP contribution in [0, 0.1) is 5.92 Å². The molecule has 3 rings (SSSR count). The highest BCUT2D eigenvalue weighted by atomic mass is 19.4. The summed E-state index contributed by atoms with van der Waals surface area (Å²) in [4.78, 5) is 43.3. The first-order chi connectivity index (χ1) is 12.9. The number of hydrogen-bond donors (Lipinski definition) is 0. The Kier molecular flexibility index (Phi) is 4.76. The zero-order chi connectivity index (χ0) is 20.9. The van der Waals surface area contributed by atoms with Crippen molar-refractivity contribution in [3.8, 4) is 0 Å². The van der Waals surface area contributed by atoms with Gasteiger partial charge in [0.1, 0.15) is 11.6 Å². The van der Waals surface area contributed by atoms with Gasteiger partial charge in [-0.05, 0) is 24.6 Å². The van der Waals surface area contributed by atoms with Crippen LogP contribution in [0.3, 0.4) is 0 Å². The predicted molar refractivity (Wildman–Crippen MR) is 85.8 cm³/mol. The van der Waals surface area contributed by atoms with Crippen LogP contribution in [-0.4, -0.2) is 27.3 Å². The van der Waals surface area contributed by atoms with Gasteiger partial charge in [0.05, 0.1) is 5.56 Å². The fourth-order valence-corrected chi connectivity index (χ4v) is 3.05. The van der Waals surface area contributed by atoms with Gasteiger partial charge in [-0.15, -0.1) is 0 Å². The quantitative estimate of drug-likeness (QED) is 0.444. The normalized spacial score (nSPS) is 16.6. The molecule has 0 saturated heterocycles. The van der Waals surface area contributed by atoms with Gasteiger partial charge in [-0.25, -0.2) is 9.97 Å². The first kappa shape index (κ1) is 20.0. The highest BCUT2D eigenvalue weighted by Gasteiger charge is 2.43. The van der Waals surface area contributed by atoms with Crippen LogP contribution in [-0.2, 0) is 21.7 Å². The summed E-state index contributed by atoms with van der Waals surface area (Å²) >= 11 is 0. The molecule has 0 aromatic carbocycles. The van der Waals surface area contributed by atoms with Crippen LogP contribution >= 0.6 is 0 Å². The Bertz CT molecular complexity index is 979. The molecule has 0 bridgehead atoms. The van der Waals surface area contributed by atoms with Gasteiger partial charge in [0.15, 0.2) is 28.7 Å². The van der Waals surface area contributed by atoms with Crippen LogP contribution in [0.15, 0.2) is 18.2 Å². The Labute approximate surface area is 155 Å². The summed E-state index contributed by atoms with van der Waals surface area (Å²) in [6.45, 7) is 0.532. The molecule has 1 aliphatic carbocycles. The van der Waals surface area contributed by atoms with E-state index >= 15 is 0 Å². The highest BCUT2D eigenvalue weighted by molar-refractivity contribution is 6.25. The van der Waals surface area contributed by atoms with Crippen LogP contribution in [0.25, 0.3) is 11.0 Å². The van der Waals surface area contributed by atoms with Crippen molar-refractivity contribution in [2.45, 2.75) is 38.3 Å². The van der Waals surface area contributed by atoms with Crippen LogP contribution in [0.1, 0.15) is 47.9 Å². The molecule has 0 spiro atoms. The number of hydrogen-bond acceptors (Lipinski definition) is 5. The lowest BCUT2D eigenvalue weighted by molar-refractivity contribution is -0.142. The number of carbonyl (C=O) groups is 3. The minimum Gasteiger partial charge on any atom is -0.298 e. The molecule has 1 saturated carbocycles. The van der Waals surface area contributed by atoms with E-state index in [0.29, 0.717) is 6.92 Å². The number of halogens is 5. The van der Waals surface area contributed by atoms with E-state index in [2.05, 4.69) is 9.97 Å². The van der Waals surface area contributed by atoms with Gasteiger partial charge in [-0.3, -0.25) is 14.4 Å². The van der Waals surface area contributed by atoms with Crippen LogP contribution in [0.5, 0.6) is 0 Å². The molecule has 0 aliphatic heterocycles. The summed E-state index contributed by atoms with van der Waals surface area (Å²) in [6.07, 6.45) is -5.05. The topological polar surface area (TPSA) is 77.0 Å². The van der Waals surface area contributed by atoms with Gasteiger partial charge in [0.25, 0.3) is 5.92 Å². The molecule has 1 aliphatic rings. The van der Waals surface area contributed by atoms with E-state index in [1.165, 1.54) is 0 Å². The summed E-state index contributed by atoms with van der Waals surface area (Å²) in [5.41, 5.74) is -4.02. The third-order valence-corrected chi connectivity index (χ3v) is 4.41. The molecular formula is C18H13F5N2O3. The zero-order valence-corrected chi connectivity index (χ0v) is 14.4. The monoisotopic (exact) mass is 400 g/mol. The van der Waals surface area contributed by atoms with Gasteiger partial charge in [0.2, 0.25) is 0 Å².